The predicted molar refractivity (Wildman–Crippen MR) is 101 cm³/mol. The Kier molecular flexibility index (Phi) is 4.60. The minimum Gasteiger partial charge on any atom is -0.345 e. The number of hydrogen-bond donors (Lipinski definition) is 1. The fourth-order valence-electron chi connectivity index (χ4n) is 2.90. The Morgan fingerprint density at radius 1 is 1.24 bits per heavy atom. The average molecular weight is 374 g/mol. The molecule has 0 radical (unpaired) electrons. The van der Waals surface area contributed by atoms with Crippen molar-refractivity contribution in [3.05, 3.63) is 29.8 Å². The maximum atomic E-state index is 12.3. The standard InChI is InChI=1S/C16H18N6OS2/c1-11(14(23)19-15-20-17-10-24-15)21-6-8-22(9-7-21)16-18-12-4-2-3-5-13(12)25-16/h2-5,10-11H,6-9H2,1H3,(H,19,20,23)/t11-/m1/s1. The summed E-state index contributed by atoms with van der Waals surface area (Å²) in [5, 5.41) is 12.0. The van der Waals surface area contributed by atoms with E-state index in [9.17, 15) is 4.79 Å². The van der Waals surface area contributed by atoms with Crippen LogP contribution in [0.5, 0.6) is 0 Å². The van der Waals surface area contributed by atoms with Gasteiger partial charge in [0.1, 0.15) is 5.51 Å². The Labute approximate surface area is 153 Å². The van der Waals surface area contributed by atoms with Crippen LogP contribution >= 0.6 is 22.7 Å². The van der Waals surface area contributed by atoms with Crippen LogP contribution in [0.4, 0.5) is 10.3 Å². The normalized spacial score (nSPS) is 16.9. The molecule has 3 heterocycles. The van der Waals surface area contributed by atoms with Crippen LogP contribution in [0.3, 0.4) is 0 Å². The summed E-state index contributed by atoms with van der Waals surface area (Å²) in [7, 11) is 0. The van der Waals surface area contributed by atoms with Gasteiger partial charge in [-0.3, -0.25) is 15.0 Å². The van der Waals surface area contributed by atoms with E-state index in [2.05, 4.69) is 31.4 Å². The lowest BCUT2D eigenvalue weighted by molar-refractivity contribution is -0.120. The maximum Gasteiger partial charge on any atom is 0.243 e. The molecule has 0 spiro atoms. The van der Waals surface area contributed by atoms with E-state index in [1.54, 1.807) is 16.8 Å². The zero-order valence-electron chi connectivity index (χ0n) is 13.8. The van der Waals surface area contributed by atoms with Crippen molar-refractivity contribution >= 4 is 49.1 Å². The summed E-state index contributed by atoms with van der Waals surface area (Å²) in [6.07, 6.45) is 0. The molecular formula is C16H18N6OS2. The van der Waals surface area contributed by atoms with Crippen molar-refractivity contribution in [3.63, 3.8) is 0 Å². The van der Waals surface area contributed by atoms with Crippen molar-refractivity contribution < 1.29 is 4.79 Å². The number of fused-ring (bicyclic) bond motifs is 1. The second-order valence-electron chi connectivity index (χ2n) is 5.90. The summed E-state index contributed by atoms with van der Waals surface area (Å²) in [5.74, 6) is -0.0369. The Hall–Kier alpha value is -2.10. The van der Waals surface area contributed by atoms with Crippen LogP contribution in [-0.4, -0.2) is 58.2 Å². The summed E-state index contributed by atoms with van der Waals surface area (Å²) < 4.78 is 1.21. The van der Waals surface area contributed by atoms with E-state index >= 15 is 0 Å². The van der Waals surface area contributed by atoms with Crippen LogP contribution in [0.2, 0.25) is 0 Å². The van der Waals surface area contributed by atoms with Crippen LogP contribution in [0, 0.1) is 0 Å². The number of benzene rings is 1. The van der Waals surface area contributed by atoms with Gasteiger partial charge in [0.25, 0.3) is 0 Å². The van der Waals surface area contributed by atoms with E-state index in [0.29, 0.717) is 5.13 Å². The molecule has 25 heavy (non-hydrogen) atoms. The first-order valence-corrected chi connectivity index (χ1v) is 9.82. The first-order valence-electron chi connectivity index (χ1n) is 8.12. The number of piperazine rings is 1. The van der Waals surface area contributed by atoms with Gasteiger partial charge < -0.3 is 4.90 Å². The smallest absolute Gasteiger partial charge is 0.243 e. The summed E-state index contributed by atoms with van der Waals surface area (Å²) >= 11 is 3.05. The molecule has 130 valence electrons. The fraction of sp³-hybridized carbons (Fsp3) is 0.375. The molecule has 0 unspecified atom stereocenters. The number of amides is 1. The third-order valence-corrected chi connectivity index (χ3v) is 6.09. The molecule has 7 nitrogen and oxygen atoms in total. The molecule has 1 aliphatic heterocycles. The summed E-state index contributed by atoms with van der Waals surface area (Å²) in [6, 6.07) is 8.02. The SMILES string of the molecule is C[C@H](C(=O)Nc1nncs1)N1CCN(c2nc3ccccc3s2)CC1. The minimum atomic E-state index is -0.193. The van der Waals surface area contributed by atoms with E-state index in [-0.39, 0.29) is 11.9 Å². The van der Waals surface area contributed by atoms with Crippen molar-refractivity contribution in [1.82, 2.24) is 20.1 Å². The molecule has 9 heteroatoms. The van der Waals surface area contributed by atoms with E-state index in [4.69, 9.17) is 4.98 Å². The van der Waals surface area contributed by atoms with Crippen LogP contribution < -0.4 is 10.2 Å². The highest BCUT2D eigenvalue weighted by Gasteiger charge is 2.27. The Morgan fingerprint density at radius 3 is 2.76 bits per heavy atom. The van der Waals surface area contributed by atoms with Gasteiger partial charge in [0, 0.05) is 26.2 Å². The monoisotopic (exact) mass is 374 g/mol. The first kappa shape index (κ1) is 16.4. The Balaban J connectivity index is 1.36. The largest absolute Gasteiger partial charge is 0.345 e. The second-order valence-corrected chi connectivity index (χ2v) is 7.74. The van der Waals surface area contributed by atoms with E-state index in [1.807, 2.05) is 25.1 Å². The highest BCUT2D eigenvalue weighted by atomic mass is 32.1. The van der Waals surface area contributed by atoms with Crippen molar-refractivity contribution in [3.8, 4) is 0 Å². The molecule has 1 aliphatic rings. The van der Waals surface area contributed by atoms with Crippen molar-refractivity contribution in [2.75, 3.05) is 36.4 Å². The molecule has 3 aromatic rings. The number of aromatic nitrogens is 3. The number of carbonyl (C=O) groups excluding carboxylic acids is 1. The Morgan fingerprint density at radius 2 is 2.04 bits per heavy atom. The highest BCUT2D eigenvalue weighted by molar-refractivity contribution is 7.22. The van der Waals surface area contributed by atoms with Gasteiger partial charge in [-0.15, -0.1) is 10.2 Å². The molecule has 1 fully saturated rings. The zero-order valence-corrected chi connectivity index (χ0v) is 15.4. The van der Waals surface area contributed by atoms with Gasteiger partial charge in [-0.1, -0.05) is 34.8 Å². The number of hydrogen-bond acceptors (Lipinski definition) is 8. The number of rotatable bonds is 4. The summed E-state index contributed by atoms with van der Waals surface area (Å²) in [5.41, 5.74) is 2.66. The molecule has 0 saturated carbocycles. The first-order chi connectivity index (χ1) is 12.2. The lowest BCUT2D eigenvalue weighted by Gasteiger charge is -2.37. The van der Waals surface area contributed by atoms with Crippen molar-refractivity contribution in [2.24, 2.45) is 0 Å². The van der Waals surface area contributed by atoms with Crippen molar-refractivity contribution in [2.45, 2.75) is 13.0 Å². The zero-order chi connectivity index (χ0) is 17.2. The number of anilines is 2. The minimum absolute atomic E-state index is 0.0369. The molecule has 1 amide bonds. The van der Waals surface area contributed by atoms with E-state index in [0.717, 1.165) is 36.8 Å². The molecule has 2 aromatic heterocycles. The third kappa shape index (κ3) is 3.48. The van der Waals surface area contributed by atoms with E-state index in [1.165, 1.54) is 16.0 Å². The molecular weight excluding hydrogens is 356 g/mol. The lowest BCUT2D eigenvalue weighted by atomic mass is 10.2. The quantitative estimate of drug-likeness (QED) is 0.755. The van der Waals surface area contributed by atoms with Gasteiger partial charge >= 0.3 is 0 Å². The van der Waals surface area contributed by atoms with Gasteiger partial charge in [-0.2, -0.15) is 0 Å². The number of thiazole rings is 1. The molecule has 4 rings (SSSR count). The average Bonchev–Trinajstić information content (AvgIpc) is 3.30. The number of para-hydroxylation sites is 1. The Bertz CT molecular complexity index is 824. The second kappa shape index (κ2) is 7.03. The van der Waals surface area contributed by atoms with Crippen LogP contribution in [0.1, 0.15) is 6.92 Å². The summed E-state index contributed by atoms with van der Waals surface area (Å²) in [4.78, 5) is 21.6. The van der Waals surface area contributed by atoms with Gasteiger partial charge in [0.2, 0.25) is 11.0 Å². The predicted octanol–water partition coefficient (Wildman–Crippen LogP) is 2.30. The van der Waals surface area contributed by atoms with Crippen LogP contribution in [0.15, 0.2) is 29.8 Å². The molecule has 1 atom stereocenters. The summed E-state index contributed by atoms with van der Waals surface area (Å²) in [6.45, 7) is 5.34. The lowest BCUT2D eigenvalue weighted by Crippen LogP contribution is -2.52. The third-order valence-electron chi connectivity index (χ3n) is 4.38. The fourth-order valence-corrected chi connectivity index (χ4v) is 4.36. The number of nitrogens with one attached hydrogen (secondary N) is 1. The highest BCUT2D eigenvalue weighted by Crippen LogP contribution is 2.29. The number of carbonyl (C=O) groups is 1. The number of nitrogens with zero attached hydrogens (tertiary/aromatic N) is 5. The van der Waals surface area contributed by atoms with Crippen LogP contribution in [0.25, 0.3) is 10.2 Å². The molecule has 1 aromatic carbocycles. The van der Waals surface area contributed by atoms with Gasteiger partial charge in [-0.05, 0) is 19.1 Å². The van der Waals surface area contributed by atoms with E-state index < -0.39 is 0 Å². The molecule has 0 bridgehead atoms. The molecule has 0 aliphatic carbocycles. The maximum absolute atomic E-state index is 12.3. The molecule has 1 N–H and O–H groups in total. The topological polar surface area (TPSA) is 74.2 Å². The van der Waals surface area contributed by atoms with Gasteiger partial charge in [-0.25, -0.2) is 4.98 Å². The van der Waals surface area contributed by atoms with Crippen molar-refractivity contribution in [1.29, 1.82) is 0 Å². The van der Waals surface area contributed by atoms with Gasteiger partial charge in [0.05, 0.1) is 16.3 Å². The molecule has 1 saturated heterocycles. The van der Waals surface area contributed by atoms with Crippen LogP contribution in [-0.2, 0) is 4.79 Å². The van der Waals surface area contributed by atoms with Gasteiger partial charge in [0.15, 0.2) is 5.13 Å².